The van der Waals surface area contributed by atoms with Crippen LogP contribution in [0.2, 0.25) is 0 Å². The average molecular weight is 411 g/mol. The van der Waals surface area contributed by atoms with Crippen LogP contribution in [0.5, 0.6) is 11.5 Å². The number of halogens is 1. The van der Waals surface area contributed by atoms with Gasteiger partial charge in [-0.05, 0) is 35.9 Å². The van der Waals surface area contributed by atoms with Gasteiger partial charge in [0.15, 0.2) is 5.78 Å². The Morgan fingerprint density at radius 1 is 0.962 bits per heavy atom. The first-order chi connectivity index (χ1) is 12.7. The van der Waals surface area contributed by atoms with Gasteiger partial charge in [-0.2, -0.15) is 0 Å². The Morgan fingerprint density at radius 3 is 2.54 bits per heavy atom. The predicted molar refractivity (Wildman–Crippen MR) is 106 cm³/mol. The van der Waals surface area contributed by atoms with Crippen molar-refractivity contribution in [3.8, 4) is 11.5 Å². The number of methoxy groups -OCH3 is 1. The molecule has 0 atom stereocenters. The first-order valence-electron chi connectivity index (χ1n) is 8.28. The molecule has 0 aliphatic carbocycles. The van der Waals surface area contributed by atoms with Crippen LogP contribution in [0.1, 0.15) is 21.5 Å². The molecule has 0 amide bonds. The molecule has 0 heterocycles. The fourth-order valence-electron chi connectivity index (χ4n) is 2.66. The number of Topliss-reactive ketones (excluding diaryl/α,β-unsaturated/α-hetero) is 1. The van der Waals surface area contributed by atoms with Crippen molar-refractivity contribution in [3.05, 3.63) is 94.0 Å². The summed E-state index contributed by atoms with van der Waals surface area (Å²) in [7, 11) is 1.61. The summed E-state index contributed by atoms with van der Waals surface area (Å²) in [5.74, 6) is 1.41. The fraction of sp³-hybridized carbons (Fsp3) is 0.136. The molecule has 26 heavy (non-hydrogen) atoms. The van der Waals surface area contributed by atoms with Gasteiger partial charge in [0.1, 0.15) is 18.1 Å². The van der Waals surface area contributed by atoms with Gasteiger partial charge in [-0.3, -0.25) is 4.79 Å². The lowest BCUT2D eigenvalue weighted by Gasteiger charge is -2.10. The van der Waals surface area contributed by atoms with Crippen LogP contribution in [0.25, 0.3) is 0 Å². The second-order valence-corrected chi connectivity index (χ2v) is 6.77. The van der Waals surface area contributed by atoms with Gasteiger partial charge in [0, 0.05) is 22.0 Å². The fourth-order valence-corrected chi connectivity index (χ4v) is 3.07. The third-order valence-electron chi connectivity index (χ3n) is 4.00. The molecule has 0 bridgehead atoms. The van der Waals surface area contributed by atoms with E-state index in [1.807, 2.05) is 66.7 Å². The van der Waals surface area contributed by atoms with Crippen molar-refractivity contribution in [1.82, 2.24) is 0 Å². The Kier molecular flexibility index (Phi) is 6.08. The van der Waals surface area contributed by atoms with Gasteiger partial charge in [0.05, 0.1) is 7.11 Å². The summed E-state index contributed by atoms with van der Waals surface area (Å²) in [5.41, 5.74) is 2.56. The molecular weight excluding hydrogens is 392 g/mol. The zero-order valence-electron chi connectivity index (χ0n) is 14.4. The standard InChI is InChI=1S/C22H19BrO3/c1-25-22-11-10-19(23)12-18(22)14-21(24)17-8-5-9-20(13-17)26-15-16-6-3-2-4-7-16/h2-13H,14-15H2,1H3. The first kappa shape index (κ1) is 18.2. The molecule has 0 aliphatic rings. The zero-order valence-corrected chi connectivity index (χ0v) is 16.0. The van der Waals surface area contributed by atoms with E-state index in [-0.39, 0.29) is 12.2 Å². The molecule has 3 nitrogen and oxygen atoms in total. The van der Waals surface area contributed by atoms with Crippen molar-refractivity contribution in [2.24, 2.45) is 0 Å². The van der Waals surface area contributed by atoms with Gasteiger partial charge in [0.25, 0.3) is 0 Å². The Hall–Kier alpha value is -2.59. The van der Waals surface area contributed by atoms with Crippen molar-refractivity contribution in [1.29, 1.82) is 0 Å². The number of benzene rings is 3. The van der Waals surface area contributed by atoms with Crippen LogP contribution in [0.4, 0.5) is 0 Å². The van der Waals surface area contributed by atoms with Crippen molar-refractivity contribution in [2.45, 2.75) is 13.0 Å². The van der Waals surface area contributed by atoms with Crippen LogP contribution in [0, 0.1) is 0 Å². The lowest BCUT2D eigenvalue weighted by molar-refractivity contribution is 0.0991. The molecule has 0 saturated carbocycles. The minimum Gasteiger partial charge on any atom is -0.496 e. The van der Waals surface area contributed by atoms with Gasteiger partial charge in [-0.25, -0.2) is 0 Å². The molecule has 0 spiro atoms. The minimum atomic E-state index is 0.0200. The molecule has 0 aliphatic heterocycles. The number of ether oxygens (including phenoxy) is 2. The molecule has 132 valence electrons. The molecular formula is C22H19BrO3. The monoisotopic (exact) mass is 410 g/mol. The predicted octanol–water partition coefficient (Wildman–Crippen LogP) is 5.46. The van der Waals surface area contributed by atoms with Crippen LogP contribution in [0.15, 0.2) is 77.3 Å². The SMILES string of the molecule is COc1ccc(Br)cc1CC(=O)c1cccc(OCc2ccccc2)c1. The van der Waals surface area contributed by atoms with E-state index in [0.29, 0.717) is 23.7 Å². The van der Waals surface area contributed by atoms with Gasteiger partial charge in [-0.1, -0.05) is 58.4 Å². The quantitative estimate of drug-likeness (QED) is 0.485. The van der Waals surface area contributed by atoms with Gasteiger partial charge in [0.2, 0.25) is 0 Å². The highest BCUT2D eigenvalue weighted by Crippen LogP contribution is 2.25. The summed E-state index contributed by atoms with van der Waals surface area (Å²) in [4.78, 5) is 12.7. The molecule has 0 saturated heterocycles. The topological polar surface area (TPSA) is 35.5 Å². The molecule has 3 aromatic carbocycles. The van der Waals surface area contributed by atoms with E-state index in [9.17, 15) is 4.79 Å². The van der Waals surface area contributed by atoms with Crippen LogP contribution < -0.4 is 9.47 Å². The molecule has 0 N–H and O–H groups in total. The van der Waals surface area contributed by atoms with Gasteiger partial charge < -0.3 is 9.47 Å². The molecule has 0 aromatic heterocycles. The Bertz CT molecular complexity index is 891. The summed E-state index contributed by atoms with van der Waals surface area (Å²) in [5, 5.41) is 0. The number of ketones is 1. The molecule has 3 aromatic rings. The van der Waals surface area contributed by atoms with E-state index in [1.54, 1.807) is 13.2 Å². The Morgan fingerprint density at radius 2 is 1.77 bits per heavy atom. The van der Waals surface area contributed by atoms with Gasteiger partial charge >= 0.3 is 0 Å². The van der Waals surface area contributed by atoms with E-state index in [0.717, 1.165) is 15.6 Å². The summed E-state index contributed by atoms with van der Waals surface area (Å²) in [6, 6.07) is 22.9. The highest BCUT2D eigenvalue weighted by molar-refractivity contribution is 9.10. The maximum Gasteiger partial charge on any atom is 0.167 e. The molecule has 4 heteroatoms. The maximum absolute atomic E-state index is 12.7. The van der Waals surface area contributed by atoms with E-state index in [1.165, 1.54) is 0 Å². The number of hydrogen-bond acceptors (Lipinski definition) is 3. The lowest BCUT2D eigenvalue weighted by atomic mass is 10.0. The number of rotatable bonds is 7. The number of carbonyl (C=O) groups excluding carboxylic acids is 1. The summed E-state index contributed by atoms with van der Waals surface area (Å²) in [6.07, 6.45) is 0.269. The van der Waals surface area contributed by atoms with Crippen LogP contribution in [0.3, 0.4) is 0 Å². The largest absolute Gasteiger partial charge is 0.496 e. The highest BCUT2D eigenvalue weighted by Gasteiger charge is 2.12. The average Bonchev–Trinajstić information content (AvgIpc) is 2.67. The zero-order chi connectivity index (χ0) is 18.4. The van der Waals surface area contributed by atoms with Crippen molar-refractivity contribution < 1.29 is 14.3 Å². The van der Waals surface area contributed by atoms with Crippen molar-refractivity contribution in [3.63, 3.8) is 0 Å². The number of hydrogen-bond donors (Lipinski definition) is 0. The van der Waals surface area contributed by atoms with E-state index in [2.05, 4.69) is 15.9 Å². The Balaban J connectivity index is 1.71. The van der Waals surface area contributed by atoms with Crippen LogP contribution in [-0.4, -0.2) is 12.9 Å². The molecule has 0 radical (unpaired) electrons. The normalized spacial score (nSPS) is 10.4. The first-order valence-corrected chi connectivity index (χ1v) is 9.07. The minimum absolute atomic E-state index is 0.0200. The van der Waals surface area contributed by atoms with E-state index in [4.69, 9.17) is 9.47 Å². The second kappa shape index (κ2) is 8.68. The second-order valence-electron chi connectivity index (χ2n) is 5.86. The van der Waals surface area contributed by atoms with Crippen LogP contribution in [-0.2, 0) is 13.0 Å². The van der Waals surface area contributed by atoms with Crippen molar-refractivity contribution >= 4 is 21.7 Å². The third-order valence-corrected chi connectivity index (χ3v) is 4.49. The maximum atomic E-state index is 12.7. The summed E-state index contributed by atoms with van der Waals surface area (Å²) < 4.78 is 12.1. The molecule has 3 rings (SSSR count). The lowest BCUT2D eigenvalue weighted by Crippen LogP contribution is -2.05. The third kappa shape index (κ3) is 4.73. The Labute approximate surface area is 161 Å². The van der Waals surface area contributed by atoms with Crippen molar-refractivity contribution in [2.75, 3.05) is 7.11 Å². The highest BCUT2D eigenvalue weighted by atomic mass is 79.9. The molecule has 0 unspecified atom stereocenters. The molecule has 0 fully saturated rings. The van der Waals surface area contributed by atoms with Crippen LogP contribution >= 0.6 is 15.9 Å². The van der Waals surface area contributed by atoms with Gasteiger partial charge in [-0.15, -0.1) is 0 Å². The summed E-state index contributed by atoms with van der Waals surface area (Å²) in [6.45, 7) is 0.470. The summed E-state index contributed by atoms with van der Waals surface area (Å²) >= 11 is 3.44. The smallest absolute Gasteiger partial charge is 0.167 e. The van der Waals surface area contributed by atoms with E-state index >= 15 is 0 Å². The van der Waals surface area contributed by atoms with E-state index < -0.39 is 0 Å². The number of carbonyl (C=O) groups is 1.